The first-order valence-corrected chi connectivity index (χ1v) is 7.54. The van der Waals surface area contributed by atoms with Crippen LogP contribution in [0.25, 0.3) is 11.3 Å². The Kier molecular flexibility index (Phi) is 5.20. The third-order valence-corrected chi connectivity index (χ3v) is 3.56. The summed E-state index contributed by atoms with van der Waals surface area (Å²) in [7, 11) is 3.48. The first-order valence-electron chi connectivity index (χ1n) is 7.54. The van der Waals surface area contributed by atoms with Gasteiger partial charge >= 0.3 is 0 Å². The van der Waals surface area contributed by atoms with Crippen LogP contribution in [0.1, 0.15) is 35.8 Å². The second-order valence-corrected chi connectivity index (χ2v) is 5.35. The minimum atomic E-state index is -0.137. The van der Waals surface area contributed by atoms with Crippen LogP contribution < -0.4 is 10.1 Å². The molecule has 0 radical (unpaired) electrons. The van der Waals surface area contributed by atoms with Crippen molar-refractivity contribution in [1.82, 2.24) is 15.1 Å². The fourth-order valence-corrected chi connectivity index (χ4v) is 2.32. The Bertz CT molecular complexity index is 662. The standard InChI is InChI=1S/C17H23N3O2/c1-5-6-9-18-17(21)14-11-15(20(3)19-14)13-10-12(2)7-8-16(13)22-4/h7-8,10-11H,5-6,9H2,1-4H3,(H,18,21). The predicted molar refractivity (Wildman–Crippen MR) is 87.2 cm³/mol. The normalized spacial score (nSPS) is 10.5. The number of benzene rings is 1. The van der Waals surface area contributed by atoms with Crippen molar-refractivity contribution in [2.45, 2.75) is 26.7 Å². The fraction of sp³-hybridized carbons (Fsp3) is 0.412. The molecule has 5 heteroatoms. The molecule has 1 amide bonds. The number of nitrogens with zero attached hydrogens (tertiary/aromatic N) is 2. The van der Waals surface area contributed by atoms with Gasteiger partial charge in [-0.15, -0.1) is 0 Å². The average Bonchev–Trinajstić information content (AvgIpc) is 2.89. The molecule has 1 aromatic carbocycles. The molecule has 0 aliphatic rings. The maximum atomic E-state index is 12.1. The molecule has 0 aliphatic carbocycles. The van der Waals surface area contributed by atoms with Crippen LogP contribution in [0.4, 0.5) is 0 Å². The van der Waals surface area contributed by atoms with Crippen molar-refractivity contribution >= 4 is 5.91 Å². The zero-order valence-electron chi connectivity index (χ0n) is 13.6. The zero-order valence-corrected chi connectivity index (χ0v) is 13.6. The average molecular weight is 301 g/mol. The molecular weight excluding hydrogens is 278 g/mol. The number of ether oxygens (including phenoxy) is 1. The lowest BCUT2D eigenvalue weighted by Gasteiger charge is -2.09. The van der Waals surface area contributed by atoms with Crippen molar-refractivity contribution < 1.29 is 9.53 Å². The van der Waals surface area contributed by atoms with Crippen LogP contribution in [-0.2, 0) is 7.05 Å². The van der Waals surface area contributed by atoms with E-state index in [1.54, 1.807) is 17.9 Å². The van der Waals surface area contributed by atoms with Crippen LogP contribution in [0.5, 0.6) is 5.75 Å². The van der Waals surface area contributed by atoms with Gasteiger partial charge in [-0.25, -0.2) is 0 Å². The topological polar surface area (TPSA) is 56.1 Å². The molecule has 1 aromatic heterocycles. The molecule has 118 valence electrons. The molecule has 0 unspecified atom stereocenters. The summed E-state index contributed by atoms with van der Waals surface area (Å²) in [4.78, 5) is 12.1. The van der Waals surface area contributed by atoms with Gasteiger partial charge in [0, 0.05) is 19.2 Å². The van der Waals surface area contributed by atoms with Gasteiger partial charge in [0.05, 0.1) is 12.8 Å². The first-order chi connectivity index (χ1) is 10.6. The van der Waals surface area contributed by atoms with E-state index in [-0.39, 0.29) is 5.91 Å². The number of carbonyl (C=O) groups excluding carboxylic acids is 1. The Morgan fingerprint density at radius 3 is 2.82 bits per heavy atom. The quantitative estimate of drug-likeness (QED) is 0.835. The largest absolute Gasteiger partial charge is 0.496 e. The zero-order chi connectivity index (χ0) is 16.1. The molecule has 2 rings (SSSR count). The third kappa shape index (κ3) is 3.47. The number of carbonyl (C=O) groups is 1. The molecule has 0 atom stereocenters. The summed E-state index contributed by atoms with van der Waals surface area (Å²) in [5.41, 5.74) is 3.36. The Balaban J connectivity index is 2.30. The van der Waals surface area contributed by atoms with Gasteiger partial charge in [-0.2, -0.15) is 5.10 Å². The van der Waals surface area contributed by atoms with Crippen molar-refractivity contribution in [2.24, 2.45) is 7.05 Å². The predicted octanol–water partition coefficient (Wildman–Crippen LogP) is 2.93. The van der Waals surface area contributed by atoms with Gasteiger partial charge < -0.3 is 10.1 Å². The lowest BCUT2D eigenvalue weighted by Crippen LogP contribution is -2.24. The van der Waals surface area contributed by atoms with Crippen molar-refractivity contribution in [1.29, 1.82) is 0 Å². The van der Waals surface area contributed by atoms with Crippen molar-refractivity contribution in [3.8, 4) is 17.0 Å². The van der Waals surface area contributed by atoms with E-state index in [1.807, 2.05) is 32.2 Å². The summed E-state index contributed by atoms with van der Waals surface area (Å²) < 4.78 is 7.13. The van der Waals surface area contributed by atoms with Crippen LogP contribution in [0.15, 0.2) is 24.3 Å². The van der Waals surface area contributed by atoms with Gasteiger partial charge in [-0.1, -0.05) is 25.0 Å². The molecule has 1 heterocycles. The van der Waals surface area contributed by atoms with E-state index in [9.17, 15) is 4.79 Å². The minimum Gasteiger partial charge on any atom is -0.496 e. The number of aryl methyl sites for hydroxylation is 2. The number of methoxy groups -OCH3 is 1. The van der Waals surface area contributed by atoms with Crippen LogP contribution in [0, 0.1) is 6.92 Å². The van der Waals surface area contributed by atoms with Crippen molar-refractivity contribution in [3.63, 3.8) is 0 Å². The van der Waals surface area contributed by atoms with E-state index in [2.05, 4.69) is 17.3 Å². The van der Waals surface area contributed by atoms with Gasteiger partial charge in [-0.3, -0.25) is 9.48 Å². The number of nitrogens with one attached hydrogen (secondary N) is 1. The molecular formula is C17H23N3O2. The van der Waals surface area contributed by atoms with E-state index in [1.165, 1.54) is 0 Å². The second-order valence-electron chi connectivity index (χ2n) is 5.35. The minimum absolute atomic E-state index is 0.137. The van der Waals surface area contributed by atoms with Crippen molar-refractivity contribution in [3.05, 3.63) is 35.5 Å². The Morgan fingerprint density at radius 1 is 1.36 bits per heavy atom. The number of hydrogen-bond acceptors (Lipinski definition) is 3. The van der Waals surface area contributed by atoms with Gasteiger partial charge in [-0.05, 0) is 31.5 Å². The SMILES string of the molecule is CCCCNC(=O)c1cc(-c2cc(C)ccc2OC)n(C)n1. The van der Waals surface area contributed by atoms with Gasteiger partial charge in [0.25, 0.3) is 5.91 Å². The highest BCUT2D eigenvalue weighted by atomic mass is 16.5. The van der Waals surface area contributed by atoms with E-state index in [0.29, 0.717) is 12.2 Å². The third-order valence-electron chi connectivity index (χ3n) is 3.56. The number of aromatic nitrogens is 2. The Hall–Kier alpha value is -2.30. The molecule has 22 heavy (non-hydrogen) atoms. The lowest BCUT2D eigenvalue weighted by atomic mass is 10.1. The summed E-state index contributed by atoms with van der Waals surface area (Å²) in [5, 5.41) is 7.21. The highest BCUT2D eigenvalue weighted by Crippen LogP contribution is 2.31. The molecule has 0 spiro atoms. The highest BCUT2D eigenvalue weighted by Gasteiger charge is 2.16. The second kappa shape index (κ2) is 7.11. The molecule has 0 fully saturated rings. The van der Waals surface area contributed by atoms with E-state index in [0.717, 1.165) is 35.4 Å². The molecule has 0 aliphatic heterocycles. The van der Waals surface area contributed by atoms with Gasteiger partial charge in [0.2, 0.25) is 0 Å². The fourth-order valence-electron chi connectivity index (χ4n) is 2.32. The first kappa shape index (κ1) is 16.1. The van der Waals surface area contributed by atoms with E-state index >= 15 is 0 Å². The van der Waals surface area contributed by atoms with E-state index in [4.69, 9.17) is 4.74 Å². The monoisotopic (exact) mass is 301 g/mol. The maximum absolute atomic E-state index is 12.1. The van der Waals surface area contributed by atoms with Crippen LogP contribution in [-0.4, -0.2) is 29.3 Å². The molecule has 1 N–H and O–H groups in total. The van der Waals surface area contributed by atoms with E-state index < -0.39 is 0 Å². The smallest absolute Gasteiger partial charge is 0.271 e. The number of rotatable bonds is 6. The van der Waals surface area contributed by atoms with Crippen LogP contribution in [0.3, 0.4) is 0 Å². The molecule has 0 bridgehead atoms. The summed E-state index contributed by atoms with van der Waals surface area (Å²) in [6, 6.07) is 7.77. The Labute approximate surface area is 131 Å². The van der Waals surface area contributed by atoms with Crippen LogP contribution in [0.2, 0.25) is 0 Å². The summed E-state index contributed by atoms with van der Waals surface area (Å²) in [5.74, 6) is 0.633. The maximum Gasteiger partial charge on any atom is 0.271 e. The summed E-state index contributed by atoms with van der Waals surface area (Å²) >= 11 is 0. The summed E-state index contributed by atoms with van der Waals surface area (Å²) in [6.45, 7) is 4.79. The van der Waals surface area contributed by atoms with Crippen molar-refractivity contribution in [2.75, 3.05) is 13.7 Å². The van der Waals surface area contributed by atoms with Gasteiger partial charge in [0.15, 0.2) is 5.69 Å². The number of unbranched alkanes of at least 4 members (excludes halogenated alkanes) is 1. The molecule has 2 aromatic rings. The molecule has 0 saturated heterocycles. The highest BCUT2D eigenvalue weighted by molar-refractivity contribution is 5.93. The van der Waals surface area contributed by atoms with Crippen LogP contribution >= 0.6 is 0 Å². The van der Waals surface area contributed by atoms with Gasteiger partial charge in [0.1, 0.15) is 5.75 Å². The number of amides is 1. The summed E-state index contributed by atoms with van der Waals surface area (Å²) in [6.07, 6.45) is 2.02. The lowest BCUT2D eigenvalue weighted by molar-refractivity contribution is 0.0947. The number of hydrogen-bond donors (Lipinski definition) is 1. The molecule has 0 saturated carbocycles. The Morgan fingerprint density at radius 2 is 2.14 bits per heavy atom. The molecule has 5 nitrogen and oxygen atoms in total.